The third-order valence-electron chi connectivity index (χ3n) is 4.29. The summed E-state index contributed by atoms with van der Waals surface area (Å²) in [6.07, 6.45) is 7.54. The number of nitrogens with zero attached hydrogens (tertiary/aromatic N) is 1. The van der Waals surface area contributed by atoms with Crippen molar-refractivity contribution in [3.8, 4) is 0 Å². The van der Waals surface area contributed by atoms with Crippen molar-refractivity contribution in [2.45, 2.75) is 56.7 Å². The van der Waals surface area contributed by atoms with Gasteiger partial charge in [-0.25, -0.2) is 0 Å². The van der Waals surface area contributed by atoms with Gasteiger partial charge in [-0.3, -0.25) is 0 Å². The Morgan fingerprint density at radius 3 is 2.39 bits per heavy atom. The van der Waals surface area contributed by atoms with Crippen molar-refractivity contribution in [2.24, 2.45) is 0 Å². The fourth-order valence-corrected chi connectivity index (χ4v) is 3.19. The van der Waals surface area contributed by atoms with E-state index in [9.17, 15) is 10.2 Å². The predicted molar refractivity (Wildman–Crippen MR) is 72.6 cm³/mol. The summed E-state index contributed by atoms with van der Waals surface area (Å²) in [7, 11) is 0. The van der Waals surface area contributed by atoms with Crippen LogP contribution in [0.15, 0.2) is 0 Å². The van der Waals surface area contributed by atoms with Crippen molar-refractivity contribution < 1.29 is 10.2 Å². The number of hydrogen-bond donors (Lipinski definition) is 3. The molecule has 0 aromatic rings. The van der Waals surface area contributed by atoms with Crippen molar-refractivity contribution in [1.29, 1.82) is 0 Å². The maximum atomic E-state index is 10.3. The van der Waals surface area contributed by atoms with E-state index in [-0.39, 0.29) is 6.10 Å². The molecule has 0 amide bonds. The van der Waals surface area contributed by atoms with Crippen molar-refractivity contribution in [3.63, 3.8) is 0 Å². The number of nitrogens with one attached hydrogen (secondary N) is 1. The fraction of sp³-hybridized carbons (Fsp3) is 1.00. The average molecular weight is 256 g/mol. The van der Waals surface area contributed by atoms with E-state index in [1.54, 1.807) is 0 Å². The molecule has 1 atom stereocenters. The molecule has 0 radical (unpaired) electrons. The first kappa shape index (κ1) is 14.3. The summed E-state index contributed by atoms with van der Waals surface area (Å²) in [5, 5.41) is 23.5. The quantitative estimate of drug-likeness (QED) is 0.656. The Labute approximate surface area is 110 Å². The van der Waals surface area contributed by atoms with Gasteiger partial charge in [0, 0.05) is 19.6 Å². The van der Waals surface area contributed by atoms with Crippen LogP contribution in [0, 0.1) is 0 Å². The van der Waals surface area contributed by atoms with Crippen LogP contribution in [-0.4, -0.2) is 59.5 Å². The van der Waals surface area contributed by atoms with E-state index in [0.29, 0.717) is 13.1 Å². The SMILES string of the molecule is OC(CNCC1(O)CCCCC1)CN1CCCC1. The first-order chi connectivity index (χ1) is 8.68. The van der Waals surface area contributed by atoms with Gasteiger partial charge in [-0.05, 0) is 38.8 Å². The van der Waals surface area contributed by atoms with Crippen LogP contribution in [0.5, 0.6) is 0 Å². The normalized spacial score (nSPS) is 26.3. The Balaban J connectivity index is 1.58. The molecular formula is C14H28N2O2. The molecular weight excluding hydrogens is 228 g/mol. The molecule has 2 rings (SSSR count). The average Bonchev–Trinajstić information content (AvgIpc) is 2.82. The van der Waals surface area contributed by atoms with Crippen LogP contribution in [0.2, 0.25) is 0 Å². The van der Waals surface area contributed by atoms with Crippen LogP contribution in [0.4, 0.5) is 0 Å². The second-order valence-corrected chi connectivity index (χ2v) is 6.08. The molecule has 2 fully saturated rings. The lowest BCUT2D eigenvalue weighted by molar-refractivity contribution is 0.00198. The zero-order valence-corrected chi connectivity index (χ0v) is 11.4. The van der Waals surface area contributed by atoms with Gasteiger partial charge in [-0.15, -0.1) is 0 Å². The lowest BCUT2D eigenvalue weighted by atomic mass is 9.85. The van der Waals surface area contributed by atoms with E-state index in [2.05, 4.69) is 10.2 Å². The van der Waals surface area contributed by atoms with E-state index in [4.69, 9.17) is 0 Å². The molecule has 106 valence electrons. The Bertz CT molecular complexity index is 236. The topological polar surface area (TPSA) is 55.7 Å². The standard InChI is InChI=1S/C14H28N2O2/c17-13(11-16-8-4-5-9-16)10-15-12-14(18)6-2-1-3-7-14/h13,15,17-18H,1-12H2. The molecule has 4 nitrogen and oxygen atoms in total. The molecule has 0 aromatic carbocycles. The van der Waals surface area contributed by atoms with Gasteiger partial charge in [-0.2, -0.15) is 0 Å². The number of aliphatic hydroxyl groups excluding tert-OH is 1. The maximum Gasteiger partial charge on any atom is 0.0791 e. The fourth-order valence-electron chi connectivity index (χ4n) is 3.19. The van der Waals surface area contributed by atoms with Gasteiger partial charge in [-0.1, -0.05) is 19.3 Å². The lowest BCUT2D eigenvalue weighted by Crippen LogP contribution is -2.45. The monoisotopic (exact) mass is 256 g/mol. The second-order valence-electron chi connectivity index (χ2n) is 6.08. The highest BCUT2D eigenvalue weighted by Gasteiger charge is 2.28. The molecule has 1 aliphatic heterocycles. The largest absolute Gasteiger partial charge is 0.390 e. The number of rotatable bonds is 6. The summed E-state index contributed by atoms with van der Waals surface area (Å²) in [4.78, 5) is 2.32. The second kappa shape index (κ2) is 6.85. The Morgan fingerprint density at radius 2 is 1.72 bits per heavy atom. The van der Waals surface area contributed by atoms with Gasteiger partial charge < -0.3 is 20.4 Å². The van der Waals surface area contributed by atoms with Crippen molar-refractivity contribution in [3.05, 3.63) is 0 Å². The van der Waals surface area contributed by atoms with E-state index in [1.165, 1.54) is 19.3 Å². The highest BCUT2D eigenvalue weighted by molar-refractivity contribution is 4.85. The van der Waals surface area contributed by atoms with E-state index in [1.807, 2.05) is 0 Å². The number of likely N-dealkylation sites (tertiary alicyclic amines) is 1. The first-order valence-electron chi connectivity index (χ1n) is 7.51. The smallest absolute Gasteiger partial charge is 0.0791 e. The third-order valence-corrected chi connectivity index (χ3v) is 4.29. The van der Waals surface area contributed by atoms with Crippen LogP contribution in [0.25, 0.3) is 0 Å². The van der Waals surface area contributed by atoms with Gasteiger partial charge in [0.1, 0.15) is 0 Å². The number of β-amino-alcohol motifs (C(OH)–C–C–N with tert-alkyl or cyclic N) is 1. The third kappa shape index (κ3) is 4.50. The highest BCUT2D eigenvalue weighted by Crippen LogP contribution is 2.27. The number of hydrogen-bond acceptors (Lipinski definition) is 4. The highest BCUT2D eigenvalue weighted by atomic mass is 16.3. The zero-order valence-electron chi connectivity index (χ0n) is 11.4. The molecule has 18 heavy (non-hydrogen) atoms. The summed E-state index contributed by atoms with van der Waals surface area (Å²) >= 11 is 0. The predicted octanol–water partition coefficient (Wildman–Crippen LogP) is 0.728. The van der Waals surface area contributed by atoms with E-state index >= 15 is 0 Å². The molecule has 0 bridgehead atoms. The summed E-state index contributed by atoms with van der Waals surface area (Å²) in [6, 6.07) is 0. The van der Waals surface area contributed by atoms with Crippen molar-refractivity contribution in [1.82, 2.24) is 10.2 Å². The van der Waals surface area contributed by atoms with Gasteiger partial charge in [0.15, 0.2) is 0 Å². The molecule has 1 unspecified atom stereocenters. The minimum atomic E-state index is -0.522. The molecule has 3 N–H and O–H groups in total. The van der Waals surface area contributed by atoms with Gasteiger partial charge in [0.05, 0.1) is 11.7 Å². The van der Waals surface area contributed by atoms with Crippen LogP contribution in [0.1, 0.15) is 44.9 Å². The summed E-state index contributed by atoms with van der Waals surface area (Å²) in [5.41, 5.74) is -0.522. The number of aliphatic hydroxyl groups is 2. The molecule has 0 aromatic heterocycles. The molecule has 2 aliphatic rings. The van der Waals surface area contributed by atoms with Crippen LogP contribution < -0.4 is 5.32 Å². The molecule has 0 spiro atoms. The summed E-state index contributed by atoms with van der Waals surface area (Å²) in [6.45, 7) is 4.25. The molecule has 1 saturated heterocycles. The summed E-state index contributed by atoms with van der Waals surface area (Å²) < 4.78 is 0. The lowest BCUT2D eigenvalue weighted by Gasteiger charge is -2.32. The zero-order chi connectivity index (χ0) is 12.8. The molecule has 1 heterocycles. The minimum Gasteiger partial charge on any atom is -0.390 e. The van der Waals surface area contributed by atoms with Crippen LogP contribution >= 0.6 is 0 Å². The first-order valence-corrected chi connectivity index (χ1v) is 7.51. The Morgan fingerprint density at radius 1 is 1.06 bits per heavy atom. The van der Waals surface area contributed by atoms with Gasteiger partial charge in [0.25, 0.3) is 0 Å². The molecule has 1 aliphatic carbocycles. The van der Waals surface area contributed by atoms with Gasteiger partial charge >= 0.3 is 0 Å². The van der Waals surface area contributed by atoms with E-state index < -0.39 is 5.60 Å². The maximum absolute atomic E-state index is 10.3. The van der Waals surface area contributed by atoms with Crippen LogP contribution in [0.3, 0.4) is 0 Å². The van der Waals surface area contributed by atoms with Gasteiger partial charge in [0.2, 0.25) is 0 Å². The van der Waals surface area contributed by atoms with E-state index in [0.717, 1.165) is 45.3 Å². The van der Waals surface area contributed by atoms with Crippen molar-refractivity contribution in [2.75, 3.05) is 32.7 Å². The summed E-state index contributed by atoms with van der Waals surface area (Å²) in [5.74, 6) is 0. The Hall–Kier alpha value is -0.160. The van der Waals surface area contributed by atoms with Crippen LogP contribution in [-0.2, 0) is 0 Å². The molecule has 4 heteroatoms. The minimum absolute atomic E-state index is 0.310. The van der Waals surface area contributed by atoms with Crippen molar-refractivity contribution >= 4 is 0 Å². The Kier molecular flexibility index (Phi) is 5.42. The molecule has 1 saturated carbocycles.